The fraction of sp³-hybridized carbons (Fsp3) is 0.600. The van der Waals surface area contributed by atoms with Gasteiger partial charge in [0.25, 0.3) is 0 Å². The third-order valence-electron chi connectivity index (χ3n) is 3.75. The second kappa shape index (κ2) is 6.21. The largest absolute Gasteiger partial charge is 0.492 e. The van der Waals surface area contributed by atoms with Crippen molar-refractivity contribution in [3.8, 4) is 5.75 Å². The maximum absolute atomic E-state index is 5.81. The van der Waals surface area contributed by atoms with Gasteiger partial charge in [-0.15, -0.1) is 0 Å². The van der Waals surface area contributed by atoms with Gasteiger partial charge in [-0.2, -0.15) is 0 Å². The fourth-order valence-electron chi connectivity index (χ4n) is 2.27. The highest BCUT2D eigenvalue weighted by Crippen LogP contribution is 2.37. The summed E-state index contributed by atoms with van der Waals surface area (Å²) < 4.78 is 5.81. The van der Waals surface area contributed by atoms with Gasteiger partial charge in [0.05, 0.1) is 0 Å². The van der Waals surface area contributed by atoms with Crippen LogP contribution in [-0.4, -0.2) is 31.6 Å². The zero-order valence-corrected chi connectivity index (χ0v) is 11.4. The standard InChI is InChI=1S/C15H24N2O/c1-12-9-14(12)11-17(2)7-8-18-15-6-4-3-5-13(15)10-16/h3-6,12,14H,7-11,16H2,1-2H3. The summed E-state index contributed by atoms with van der Waals surface area (Å²) in [7, 11) is 2.17. The molecule has 0 bridgehead atoms. The Hall–Kier alpha value is -1.06. The molecule has 1 aliphatic carbocycles. The van der Waals surface area contributed by atoms with Gasteiger partial charge in [0.2, 0.25) is 0 Å². The van der Waals surface area contributed by atoms with Crippen molar-refractivity contribution >= 4 is 0 Å². The van der Waals surface area contributed by atoms with E-state index in [1.54, 1.807) is 0 Å². The Balaban J connectivity index is 1.71. The first-order chi connectivity index (χ1) is 8.70. The Bertz CT molecular complexity index is 381. The average molecular weight is 248 g/mol. The van der Waals surface area contributed by atoms with E-state index in [0.717, 1.165) is 36.3 Å². The molecule has 2 unspecified atom stereocenters. The lowest BCUT2D eigenvalue weighted by molar-refractivity contribution is 0.229. The van der Waals surface area contributed by atoms with Gasteiger partial charge in [-0.3, -0.25) is 0 Å². The molecule has 0 saturated heterocycles. The molecule has 2 N–H and O–H groups in total. The normalized spacial score (nSPS) is 22.2. The number of rotatable bonds is 7. The summed E-state index contributed by atoms with van der Waals surface area (Å²) in [6.07, 6.45) is 1.39. The topological polar surface area (TPSA) is 38.5 Å². The minimum Gasteiger partial charge on any atom is -0.492 e. The minimum atomic E-state index is 0.533. The molecule has 0 radical (unpaired) electrons. The molecule has 1 saturated carbocycles. The first-order valence-electron chi connectivity index (χ1n) is 6.80. The van der Waals surface area contributed by atoms with Gasteiger partial charge < -0.3 is 15.4 Å². The molecule has 1 fully saturated rings. The predicted molar refractivity (Wildman–Crippen MR) is 74.6 cm³/mol. The van der Waals surface area contributed by atoms with Crippen molar-refractivity contribution < 1.29 is 4.74 Å². The maximum atomic E-state index is 5.81. The molecule has 1 aromatic carbocycles. The summed E-state index contributed by atoms with van der Waals surface area (Å²) in [6.45, 7) is 5.76. The van der Waals surface area contributed by atoms with E-state index < -0.39 is 0 Å². The van der Waals surface area contributed by atoms with E-state index in [1.165, 1.54) is 13.0 Å². The van der Waals surface area contributed by atoms with E-state index in [-0.39, 0.29) is 0 Å². The van der Waals surface area contributed by atoms with Crippen LogP contribution in [0.5, 0.6) is 5.75 Å². The lowest BCUT2D eigenvalue weighted by Gasteiger charge is -2.17. The Morgan fingerprint density at radius 3 is 2.78 bits per heavy atom. The van der Waals surface area contributed by atoms with Crippen molar-refractivity contribution in [3.63, 3.8) is 0 Å². The highest BCUT2D eigenvalue weighted by Gasteiger charge is 2.32. The number of benzene rings is 1. The summed E-state index contributed by atoms with van der Waals surface area (Å²) in [4.78, 5) is 2.36. The fourth-order valence-corrected chi connectivity index (χ4v) is 2.27. The van der Waals surface area contributed by atoms with Crippen molar-refractivity contribution in [3.05, 3.63) is 29.8 Å². The van der Waals surface area contributed by atoms with Crippen LogP contribution in [0.15, 0.2) is 24.3 Å². The second-order valence-corrected chi connectivity index (χ2v) is 5.40. The van der Waals surface area contributed by atoms with Crippen LogP contribution < -0.4 is 10.5 Å². The summed E-state index contributed by atoms with van der Waals surface area (Å²) in [5.74, 6) is 2.76. The molecular weight excluding hydrogens is 224 g/mol. The van der Waals surface area contributed by atoms with Crippen LogP contribution in [0, 0.1) is 11.8 Å². The molecule has 2 atom stereocenters. The molecule has 18 heavy (non-hydrogen) atoms. The average Bonchev–Trinajstić information content (AvgIpc) is 3.05. The Morgan fingerprint density at radius 1 is 1.39 bits per heavy atom. The molecule has 0 aromatic heterocycles. The zero-order valence-electron chi connectivity index (χ0n) is 11.4. The van der Waals surface area contributed by atoms with Crippen molar-refractivity contribution in [2.45, 2.75) is 19.9 Å². The molecule has 1 aliphatic rings. The number of para-hydroxylation sites is 1. The van der Waals surface area contributed by atoms with Crippen LogP contribution in [0.25, 0.3) is 0 Å². The maximum Gasteiger partial charge on any atom is 0.123 e. The van der Waals surface area contributed by atoms with Crippen LogP contribution in [-0.2, 0) is 6.54 Å². The van der Waals surface area contributed by atoms with Gasteiger partial charge in [-0.1, -0.05) is 25.1 Å². The number of nitrogens with zero attached hydrogens (tertiary/aromatic N) is 1. The molecule has 2 rings (SSSR count). The van der Waals surface area contributed by atoms with Crippen LogP contribution in [0.2, 0.25) is 0 Å². The number of ether oxygens (including phenoxy) is 1. The highest BCUT2D eigenvalue weighted by atomic mass is 16.5. The van der Waals surface area contributed by atoms with E-state index in [0.29, 0.717) is 6.54 Å². The molecule has 3 heteroatoms. The molecule has 0 aliphatic heterocycles. The van der Waals surface area contributed by atoms with E-state index in [1.807, 2.05) is 24.3 Å². The highest BCUT2D eigenvalue weighted by molar-refractivity contribution is 5.32. The quantitative estimate of drug-likeness (QED) is 0.803. The SMILES string of the molecule is CC1CC1CN(C)CCOc1ccccc1CN. The zero-order chi connectivity index (χ0) is 13.0. The third kappa shape index (κ3) is 3.72. The van der Waals surface area contributed by atoms with Crippen molar-refractivity contribution in [2.24, 2.45) is 17.6 Å². The molecule has 0 heterocycles. The van der Waals surface area contributed by atoms with Crippen LogP contribution in [0.4, 0.5) is 0 Å². The van der Waals surface area contributed by atoms with Crippen LogP contribution in [0.3, 0.4) is 0 Å². The van der Waals surface area contributed by atoms with E-state index in [9.17, 15) is 0 Å². The monoisotopic (exact) mass is 248 g/mol. The van der Waals surface area contributed by atoms with Crippen molar-refractivity contribution in [1.82, 2.24) is 4.90 Å². The van der Waals surface area contributed by atoms with Gasteiger partial charge in [0.15, 0.2) is 0 Å². The first-order valence-corrected chi connectivity index (χ1v) is 6.80. The summed E-state index contributed by atoms with van der Waals surface area (Å²) in [5, 5.41) is 0. The minimum absolute atomic E-state index is 0.533. The predicted octanol–water partition coefficient (Wildman–Crippen LogP) is 2.11. The van der Waals surface area contributed by atoms with Gasteiger partial charge >= 0.3 is 0 Å². The molecule has 100 valence electrons. The van der Waals surface area contributed by atoms with Crippen molar-refractivity contribution in [1.29, 1.82) is 0 Å². The van der Waals surface area contributed by atoms with Gasteiger partial charge in [0.1, 0.15) is 12.4 Å². The smallest absolute Gasteiger partial charge is 0.123 e. The molecule has 0 spiro atoms. The number of hydrogen-bond donors (Lipinski definition) is 1. The van der Waals surface area contributed by atoms with Gasteiger partial charge in [-0.05, 0) is 31.4 Å². The summed E-state index contributed by atoms with van der Waals surface area (Å²) in [5.41, 5.74) is 6.76. The number of hydrogen-bond acceptors (Lipinski definition) is 3. The number of nitrogens with two attached hydrogens (primary N) is 1. The molecular formula is C15H24N2O. The van der Waals surface area contributed by atoms with E-state index in [2.05, 4.69) is 18.9 Å². The Morgan fingerprint density at radius 2 is 2.11 bits per heavy atom. The van der Waals surface area contributed by atoms with Crippen LogP contribution in [0.1, 0.15) is 18.9 Å². The second-order valence-electron chi connectivity index (χ2n) is 5.40. The van der Waals surface area contributed by atoms with Crippen LogP contribution >= 0.6 is 0 Å². The molecule has 0 amide bonds. The third-order valence-corrected chi connectivity index (χ3v) is 3.75. The first kappa shape index (κ1) is 13.4. The van der Waals surface area contributed by atoms with Crippen molar-refractivity contribution in [2.75, 3.05) is 26.7 Å². The lowest BCUT2D eigenvalue weighted by Crippen LogP contribution is -2.26. The Kier molecular flexibility index (Phi) is 4.61. The van der Waals surface area contributed by atoms with Gasteiger partial charge in [-0.25, -0.2) is 0 Å². The van der Waals surface area contributed by atoms with E-state index in [4.69, 9.17) is 10.5 Å². The molecule has 1 aromatic rings. The Labute approximate surface area is 110 Å². The summed E-state index contributed by atoms with van der Waals surface area (Å²) >= 11 is 0. The van der Waals surface area contributed by atoms with Gasteiger partial charge in [0, 0.05) is 25.2 Å². The van der Waals surface area contributed by atoms with E-state index >= 15 is 0 Å². The summed E-state index contributed by atoms with van der Waals surface area (Å²) in [6, 6.07) is 8.00. The lowest BCUT2D eigenvalue weighted by atomic mass is 10.2. The number of likely N-dealkylation sites (N-methyl/N-ethyl adjacent to an activating group) is 1. The molecule has 3 nitrogen and oxygen atoms in total.